The molecule has 1 aliphatic rings. The monoisotopic (exact) mass is 360 g/mol. The van der Waals surface area contributed by atoms with Crippen molar-refractivity contribution in [1.29, 1.82) is 0 Å². The summed E-state index contributed by atoms with van der Waals surface area (Å²) in [5.41, 5.74) is 1.55. The lowest BCUT2D eigenvalue weighted by molar-refractivity contribution is -0.122. The van der Waals surface area contributed by atoms with Gasteiger partial charge in [-0.2, -0.15) is 0 Å². The van der Waals surface area contributed by atoms with Crippen LogP contribution in [0.5, 0.6) is 5.75 Å². The molecular weight excluding hydrogens is 340 g/mol. The molecule has 136 valence electrons. The van der Waals surface area contributed by atoms with E-state index in [0.29, 0.717) is 6.54 Å². The highest BCUT2D eigenvalue weighted by molar-refractivity contribution is 6.07. The van der Waals surface area contributed by atoms with E-state index >= 15 is 0 Å². The fraction of sp³-hybridized carbons (Fsp3) is 0.182. The minimum Gasteiger partial charge on any atom is -0.497 e. The largest absolute Gasteiger partial charge is 0.497 e. The Morgan fingerprint density at radius 1 is 1.04 bits per heavy atom. The molecule has 0 aliphatic carbocycles. The summed E-state index contributed by atoms with van der Waals surface area (Å²) in [4.78, 5) is 26.9. The number of hydrogen-bond donors (Lipinski definition) is 1. The standard InChI is InChI=1S/C22H20N2O3/c1-27-18-11-9-17(10-12-18)24-14-16(13-21(24)25)22(26)23-20-8-4-6-15-5-2-3-7-19(15)20/h2-12,16H,13-14H2,1H3,(H,23,26)/t16-/m0/s1. The van der Waals surface area contributed by atoms with E-state index in [9.17, 15) is 9.59 Å². The molecule has 1 N–H and O–H groups in total. The molecule has 27 heavy (non-hydrogen) atoms. The topological polar surface area (TPSA) is 58.6 Å². The zero-order chi connectivity index (χ0) is 18.8. The Hall–Kier alpha value is -3.34. The number of fused-ring (bicyclic) bond motifs is 1. The lowest BCUT2D eigenvalue weighted by atomic mass is 10.1. The molecule has 0 spiro atoms. The van der Waals surface area contributed by atoms with Crippen LogP contribution in [0.2, 0.25) is 0 Å². The number of amides is 2. The third kappa shape index (κ3) is 3.36. The van der Waals surface area contributed by atoms with Crippen LogP contribution >= 0.6 is 0 Å². The number of anilines is 2. The second kappa shape index (κ2) is 7.11. The van der Waals surface area contributed by atoms with Gasteiger partial charge < -0.3 is 15.0 Å². The highest BCUT2D eigenvalue weighted by Gasteiger charge is 2.35. The van der Waals surface area contributed by atoms with Gasteiger partial charge in [0.1, 0.15) is 5.75 Å². The van der Waals surface area contributed by atoms with E-state index in [2.05, 4.69) is 5.32 Å². The molecule has 0 unspecified atom stereocenters. The Bertz CT molecular complexity index is 993. The Morgan fingerprint density at radius 3 is 2.56 bits per heavy atom. The van der Waals surface area contributed by atoms with E-state index in [1.54, 1.807) is 12.0 Å². The predicted octanol–water partition coefficient (Wildman–Crippen LogP) is 3.84. The minimum atomic E-state index is -0.376. The third-order valence-electron chi connectivity index (χ3n) is 4.93. The van der Waals surface area contributed by atoms with Crippen LogP contribution in [0.15, 0.2) is 66.7 Å². The van der Waals surface area contributed by atoms with E-state index in [1.165, 1.54) is 0 Å². The van der Waals surface area contributed by atoms with Crippen molar-refractivity contribution in [2.24, 2.45) is 5.92 Å². The molecule has 0 radical (unpaired) electrons. The SMILES string of the molecule is COc1ccc(N2C[C@@H](C(=O)Nc3cccc4ccccc34)CC2=O)cc1. The fourth-order valence-corrected chi connectivity index (χ4v) is 3.46. The van der Waals surface area contributed by atoms with Crippen molar-refractivity contribution in [3.8, 4) is 5.75 Å². The van der Waals surface area contributed by atoms with E-state index in [1.807, 2.05) is 66.7 Å². The van der Waals surface area contributed by atoms with Crippen LogP contribution < -0.4 is 15.0 Å². The van der Waals surface area contributed by atoms with Crippen molar-refractivity contribution in [3.63, 3.8) is 0 Å². The van der Waals surface area contributed by atoms with Gasteiger partial charge in [-0.05, 0) is 35.7 Å². The van der Waals surface area contributed by atoms with E-state index < -0.39 is 0 Å². The van der Waals surface area contributed by atoms with Crippen LogP contribution in [-0.2, 0) is 9.59 Å². The number of carbonyl (C=O) groups is 2. The number of ether oxygens (including phenoxy) is 1. The molecule has 1 fully saturated rings. The van der Waals surface area contributed by atoms with Crippen molar-refractivity contribution in [1.82, 2.24) is 0 Å². The lowest BCUT2D eigenvalue weighted by Gasteiger charge is -2.17. The number of carbonyl (C=O) groups excluding carboxylic acids is 2. The molecule has 5 heteroatoms. The molecule has 3 aromatic rings. The van der Waals surface area contributed by atoms with Crippen LogP contribution in [-0.4, -0.2) is 25.5 Å². The first-order valence-corrected chi connectivity index (χ1v) is 8.89. The van der Waals surface area contributed by atoms with Gasteiger partial charge in [-0.1, -0.05) is 36.4 Å². The van der Waals surface area contributed by atoms with Crippen molar-refractivity contribution in [2.75, 3.05) is 23.9 Å². The quantitative estimate of drug-likeness (QED) is 0.769. The van der Waals surface area contributed by atoms with E-state index in [-0.39, 0.29) is 24.2 Å². The number of rotatable bonds is 4. The molecule has 1 heterocycles. The maximum absolute atomic E-state index is 12.8. The van der Waals surface area contributed by atoms with Gasteiger partial charge in [0.25, 0.3) is 0 Å². The van der Waals surface area contributed by atoms with Crippen molar-refractivity contribution in [2.45, 2.75) is 6.42 Å². The normalized spacial score (nSPS) is 16.6. The summed E-state index contributed by atoms with van der Waals surface area (Å²) in [5.74, 6) is 0.183. The zero-order valence-corrected chi connectivity index (χ0v) is 15.0. The maximum Gasteiger partial charge on any atom is 0.229 e. The summed E-state index contributed by atoms with van der Waals surface area (Å²) in [7, 11) is 1.60. The zero-order valence-electron chi connectivity index (χ0n) is 15.0. The first-order valence-electron chi connectivity index (χ1n) is 8.89. The van der Waals surface area contributed by atoms with Gasteiger partial charge in [0, 0.05) is 29.7 Å². The summed E-state index contributed by atoms with van der Waals surface area (Å²) in [6, 6.07) is 21.0. The van der Waals surface area contributed by atoms with Crippen LogP contribution in [0, 0.1) is 5.92 Å². The Balaban J connectivity index is 1.50. The molecular formula is C22H20N2O3. The number of nitrogens with one attached hydrogen (secondary N) is 1. The van der Waals surface area contributed by atoms with Gasteiger partial charge in [-0.3, -0.25) is 9.59 Å². The number of nitrogens with zero attached hydrogens (tertiary/aromatic N) is 1. The highest BCUT2D eigenvalue weighted by atomic mass is 16.5. The minimum absolute atomic E-state index is 0.0433. The predicted molar refractivity (Wildman–Crippen MR) is 106 cm³/mol. The first kappa shape index (κ1) is 17.1. The average Bonchev–Trinajstić information content (AvgIpc) is 3.10. The van der Waals surface area contributed by atoms with Crippen LogP contribution in [0.3, 0.4) is 0 Å². The van der Waals surface area contributed by atoms with Crippen LogP contribution in [0.25, 0.3) is 10.8 Å². The number of methoxy groups -OCH3 is 1. The highest BCUT2D eigenvalue weighted by Crippen LogP contribution is 2.29. The molecule has 0 saturated carbocycles. The second-order valence-corrected chi connectivity index (χ2v) is 6.62. The Morgan fingerprint density at radius 2 is 1.78 bits per heavy atom. The smallest absolute Gasteiger partial charge is 0.229 e. The Kier molecular flexibility index (Phi) is 4.50. The summed E-state index contributed by atoms with van der Waals surface area (Å²) in [6.07, 6.45) is 0.211. The molecule has 0 aromatic heterocycles. The number of hydrogen-bond acceptors (Lipinski definition) is 3. The average molecular weight is 360 g/mol. The molecule has 5 nitrogen and oxygen atoms in total. The van der Waals surface area contributed by atoms with Crippen LogP contribution in [0.1, 0.15) is 6.42 Å². The maximum atomic E-state index is 12.8. The van der Waals surface area contributed by atoms with Crippen molar-refractivity contribution < 1.29 is 14.3 Å². The summed E-state index contributed by atoms with van der Waals surface area (Å²) in [5, 5.41) is 5.06. The van der Waals surface area contributed by atoms with E-state index in [4.69, 9.17) is 4.74 Å². The van der Waals surface area contributed by atoms with E-state index in [0.717, 1.165) is 27.9 Å². The van der Waals surface area contributed by atoms with Crippen molar-refractivity contribution >= 4 is 34.0 Å². The van der Waals surface area contributed by atoms with Gasteiger partial charge in [0.15, 0.2) is 0 Å². The molecule has 3 aromatic carbocycles. The molecule has 0 bridgehead atoms. The molecule has 2 amide bonds. The van der Waals surface area contributed by atoms with Crippen LogP contribution in [0.4, 0.5) is 11.4 Å². The molecule has 1 atom stereocenters. The molecule has 4 rings (SSSR count). The summed E-state index contributed by atoms with van der Waals surface area (Å²) in [6.45, 7) is 0.377. The van der Waals surface area contributed by atoms with Gasteiger partial charge in [-0.15, -0.1) is 0 Å². The number of benzene rings is 3. The van der Waals surface area contributed by atoms with Gasteiger partial charge in [0.05, 0.1) is 13.0 Å². The summed E-state index contributed by atoms with van der Waals surface area (Å²) < 4.78 is 5.15. The second-order valence-electron chi connectivity index (χ2n) is 6.62. The van der Waals surface area contributed by atoms with Crippen molar-refractivity contribution in [3.05, 3.63) is 66.7 Å². The first-order chi connectivity index (χ1) is 13.2. The van der Waals surface area contributed by atoms with Gasteiger partial charge >= 0.3 is 0 Å². The van der Waals surface area contributed by atoms with Gasteiger partial charge in [0.2, 0.25) is 11.8 Å². The molecule has 1 saturated heterocycles. The third-order valence-corrected chi connectivity index (χ3v) is 4.93. The van der Waals surface area contributed by atoms with Gasteiger partial charge in [-0.25, -0.2) is 0 Å². The molecule has 1 aliphatic heterocycles. The summed E-state index contributed by atoms with van der Waals surface area (Å²) >= 11 is 0. The Labute approximate surface area is 157 Å². The fourth-order valence-electron chi connectivity index (χ4n) is 3.46. The lowest BCUT2D eigenvalue weighted by Crippen LogP contribution is -2.28.